The van der Waals surface area contributed by atoms with E-state index in [1.165, 1.54) is 6.07 Å². The number of hydrogen-bond donors (Lipinski definition) is 1. The highest BCUT2D eigenvalue weighted by Crippen LogP contribution is 2.51. The zero-order chi connectivity index (χ0) is 25.1. The van der Waals surface area contributed by atoms with Crippen LogP contribution >= 0.6 is 0 Å². The summed E-state index contributed by atoms with van der Waals surface area (Å²) in [6.07, 6.45) is 0.843. The van der Waals surface area contributed by atoms with Crippen LogP contribution in [0.4, 0.5) is 13.6 Å². The molecule has 3 saturated heterocycles. The van der Waals surface area contributed by atoms with Crippen LogP contribution in [0.3, 0.4) is 0 Å². The van der Waals surface area contributed by atoms with E-state index in [9.17, 15) is 13.6 Å². The molecule has 2 atom stereocenters. The Hall–Kier alpha value is -2.87. The van der Waals surface area contributed by atoms with Crippen molar-refractivity contribution in [3.63, 3.8) is 0 Å². The molecule has 192 valence electrons. The highest BCUT2D eigenvalue weighted by Gasteiger charge is 2.46. The fourth-order valence-corrected chi connectivity index (χ4v) is 6.63. The lowest BCUT2D eigenvalue weighted by Gasteiger charge is -2.44. The van der Waals surface area contributed by atoms with Gasteiger partial charge in [-0.25, -0.2) is 4.79 Å². The Morgan fingerprint density at radius 2 is 1.75 bits per heavy atom. The maximum atomic E-state index is 13.5. The van der Waals surface area contributed by atoms with Gasteiger partial charge in [-0.05, 0) is 90.9 Å². The van der Waals surface area contributed by atoms with Gasteiger partial charge in [-0.3, -0.25) is 4.90 Å². The lowest BCUT2D eigenvalue weighted by molar-refractivity contribution is -0.286. The summed E-state index contributed by atoms with van der Waals surface area (Å²) in [7, 11) is 0. The summed E-state index contributed by atoms with van der Waals surface area (Å²) >= 11 is 0. The Morgan fingerprint density at radius 3 is 2.44 bits per heavy atom. The van der Waals surface area contributed by atoms with Crippen LogP contribution in [0, 0.1) is 11.3 Å². The van der Waals surface area contributed by atoms with Crippen molar-refractivity contribution in [2.45, 2.75) is 64.4 Å². The van der Waals surface area contributed by atoms with Crippen LogP contribution in [0.25, 0.3) is 11.1 Å². The predicted octanol–water partition coefficient (Wildman–Crippen LogP) is 5.90. The number of amides is 1. The van der Waals surface area contributed by atoms with Gasteiger partial charge in [-0.15, -0.1) is 8.78 Å². The van der Waals surface area contributed by atoms with E-state index in [4.69, 9.17) is 4.74 Å². The van der Waals surface area contributed by atoms with Crippen LogP contribution in [0.15, 0.2) is 36.4 Å². The van der Waals surface area contributed by atoms with Crippen molar-refractivity contribution in [2.75, 3.05) is 19.6 Å². The van der Waals surface area contributed by atoms with Gasteiger partial charge in [-0.1, -0.05) is 38.1 Å². The average Bonchev–Trinajstić information content (AvgIpc) is 3.36. The Morgan fingerprint density at radius 1 is 1.06 bits per heavy atom. The molecule has 8 heteroatoms. The molecule has 1 N–H and O–H groups in total. The summed E-state index contributed by atoms with van der Waals surface area (Å²) in [4.78, 5) is 15.5. The Balaban J connectivity index is 1.24. The SMILES string of the molecule is CCC1(CC)Cc2cc(-c3ccc4c(c3)OC(F)(F)O4)ccc2C1NC(=O)O[C@@H]1CN2CCC1CC2. The van der Waals surface area contributed by atoms with Crippen LogP contribution in [-0.2, 0) is 11.2 Å². The van der Waals surface area contributed by atoms with Gasteiger partial charge in [0.15, 0.2) is 11.5 Å². The number of alkyl halides is 2. The van der Waals surface area contributed by atoms with E-state index in [1.807, 2.05) is 6.07 Å². The molecule has 0 radical (unpaired) electrons. The van der Waals surface area contributed by atoms with Gasteiger partial charge in [0.05, 0.1) is 6.04 Å². The molecule has 2 aromatic rings. The van der Waals surface area contributed by atoms with Gasteiger partial charge >= 0.3 is 12.4 Å². The number of hydrogen-bond acceptors (Lipinski definition) is 5. The number of piperidine rings is 3. The van der Waals surface area contributed by atoms with Gasteiger partial charge < -0.3 is 19.5 Å². The third kappa shape index (κ3) is 3.99. The maximum absolute atomic E-state index is 13.5. The molecule has 36 heavy (non-hydrogen) atoms. The maximum Gasteiger partial charge on any atom is 0.586 e. The molecule has 0 spiro atoms. The summed E-state index contributed by atoms with van der Waals surface area (Å²) in [5.41, 5.74) is 3.83. The molecule has 2 bridgehead atoms. The molecule has 0 aromatic heterocycles. The molecule has 3 fully saturated rings. The summed E-state index contributed by atoms with van der Waals surface area (Å²) in [6, 6.07) is 10.8. The topological polar surface area (TPSA) is 60.0 Å². The predicted molar refractivity (Wildman–Crippen MR) is 130 cm³/mol. The van der Waals surface area contributed by atoms with Crippen molar-refractivity contribution >= 4 is 6.09 Å². The molecule has 4 heterocycles. The molecule has 6 nitrogen and oxygen atoms in total. The van der Waals surface area contributed by atoms with Crippen molar-refractivity contribution in [2.24, 2.45) is 11.3 Å². The van der Waals surface area contributed by atoms with E-state index in [-0.39, 0.29) is 35.2 Å². The van der Waals surface area contributed by atoms with Crippen LogP contribution in [0.5, 0.6) is 11.5 Å². The van der Waals surface area contributed by atoms with E-state index in [2.05, 4.69) is 45.7 Å². The van der Waals surface area contributed by atoms with E-state index in [0.717, 1.165) is 74.0 Å². The zero-order valence-electron chi connectivity index (χ0n) is 20.7. The van der Waals surface area contributed by atoms with E-state index in [1.54, 1.807) is 12.1 Å². The van der Waals surface area contributed by atoms with Crippen molar-refractivity contribution in [3.8, 4) is 22.6 Å². The van der Waals surface area contributed by atoms with Crippen LogP contribution in [0.2, 0.25) is 0 Å². The number of fused-ring (bicyclic) bond motifs is 5. The molecule has 0 saturated carbocycles. The first-order valence-corrected chi connectivity index (χ1v) is 13.0. The highest BCUT2D eigenvalue weighted by atomic mass is 19.3. The minimum atomic E-state index is -3.64. The minimum absolute atomic E-state index is 0.0319. The van der Waals surface area contributed by atoms with Gasteiger partial charge in [0, 0.05) is 6.54 Å². The summed E-state index contributed by atoms with van der Waals surface area (Å²) in [5, 5.41) is 3.24. The number of halogens is 2. The molecule has 1 amide bonds. The van der Waals surface area contributed by atoms with Crippen LogP contribution in [0.1, 0.15) is 56.7 Å². The number of ether oxygens (including phenoxy) is 3. The molecular weight excluding hydrogens is 466 g/mol. The van der Waals surface area contributed by atoms with E-state index >= 15 is 0 Å². The average molecular weight is 499 g/mol. The molecule has 1 aliphatic carbocycles. The Labute approximate surface area is 209 Å². The Kier molecular flexibility index (Phi) is 5.63. The first-order valence-electron chi connectivity index (χ1n) is 13.0. The first-order chi connectivity index (χ1) is 17.3. The molecule has 5 aliphatic rings. The summed E-state index contributed by atoms with van der Waals surface area (Å²) < 4.78 is 42.0. The highest BCUT2D eigenvalue weighted by molar-refractivity contribution is 5.71. The largest absolute Gasteiger partial charge is 0.586 e. The fourth-order valence-electron chi connectivity index (χ4n) is 6.63. The smallest absolute Gasteiger partial charge is 0.445 e. The van der Waals surface area contributed by atoms with Crippen LogP contribution in [-0.4, -0.2) is 43.0 Å². The number of alkyl carbamates (subject to hydrolysis) is 1. The molecule has 4 aliphatic heterocycles. The summed E-state index contributed by atoms with van der Waals surface area (Å²) in [6.45, 7) is 7.37. The quantitative estimate of drug-likeness (QED) is 0.556. The van der Waals surface area contributed by atoms with Gasteiger partial charge in [0.1, 0.15) is 6.10 Å². The van der Waals surface area contributed by atoms with Crippen molar-refractivity contribution in [3.05, 3.63) is 47.5 Å². The fraction of sp³-hybridized carbons (Fsp3) is 0.536. The van der Waals surface area contributed by atoms with Crippen molar-refractivity contribution < 1.29 is 27.8 Å². The lowest BCUT2D eigenvalue weighted by atomic mass is 9.76. The number of nitrogens with one attached hydrogen (secondary N) is 1. The third-order valence-electron chi connectivity index (χ3n) is 8.87. The van der Waals surface area contributed by atoms with E-state index < -0.39 is 6.29 Å². The second kappa shape index (κ2) is 8.61. The minimum Gasteiger partial charge on any atom is -0.445 e. The number of nitrogens with zero attached hydrogens (tertiary/aromatic N) is 1. The van der Waals surface area contributed by atoms with Gasteiger partial charge in [0.25, 0.3) is 0 Å². The summed E-state index contributed by atoms with van der Waals surface area (Å²) in [5.74, 6) is 0.527. The number of carbonyl (C=O) groups excluding carboxylic acids is 1. The second-order valence-electron chi connectivity index (χ2n) is 10.6. The number of carbonyl (C=O) groups is 1. The normalized spacial score (nSPS) is 28.6. The number of benzene rings is 2. The second-order valence-corrected chi connectivity index (χ2v) is 10.6. The molecule has 7 rings (SSSR count). The standard InChI is InChI=1S/C28H32F2N2O4/c1-3-27(4-2)15-20-13-18(19-6-8-22-23(14-19)36-28(29,30)35-22)5-7-21(20)25(27)31-26(33)34-24-16-32-11-9-17(24)10-12-32/h5-8,13-14,17,24-25H,3-4,9-12,15-16H2,1-2H3,(H,31,33)/t24-,25?/m1/s1. The van der Waals surface area contributed by atoms with Gasteiger partial charge in [0.2, 0.25) is 0 Å². The molecule has 2 aromatic carbocycles. The molecule has 1 unspecified atom stereocenters. The molecular formula is C28H32F2N2O4. The Bertz CT molecular complexity index is 1170. The number of rotatable bonds is 5. The van der Waals surface area contributed by atoms with Crippen molar-refractivity contribution in [1.82, 2.24) is 10.2 Å². The first kappa shape index (κ1) is 23.5. The monoisotopic (exact) mass is 498 g/mol. The van der Waals surface area contributed by atoms with E-state index in [0.29, 0.717) is 5.92 Å². The zero-order valence-corrected chi connectivity index (χ0v) is 20.7. The van der Waals surface area contributed by atoms with Gasteiger partial charge in [-0.2, -0.15) is 0 Å². The van der Waals surface area contributed by atoms with Crippen molar-refractivity contribution in [1.29, 1.82) is 0 Å². The van der Waals surface area contributed by atoms with Crippen LogP contribution < -0.4 is 14.8 Å². The lowest BCUT2D eigenvalue weighted by Crippen LogP contribution is -2.53. The third-order valence-corrected chi connectivity index (χ3v) is 8.87.